The molecule has 0 spiro atoms. The fourth-order valence-corrected chi connectivity index (χ4v) is 5.39. The smallest absolute Gasteiger partial charge is 0.264 e. The summed E-state index contributed by atoms with van der Waals surface area (Å²) in [6.07, 6.45) is 0.264. The zero-order valence-electron chi connectivity index (χ0n) is 21.5. The number of hydrogen-bond donors (Lipinski definition) is 1. The van der Waals surface area contributed by atoms with Gasteiger partial charge < -0.3 is 10.2 Å². The normalized spacial score (nSPS) is 12.0. The van der Waals surface area contributed by atoms with Crippen molar-refractivity contribution in [2.24, 2.45) is 0 Å². The summed E-state index contributed by atoms with van der Waals surface area (Å²) in [4.78, 5) is 27.9. The molecule has 7 nitrogen and oxygen atoms in total. The van der Waals surface area contributed by atoms with Crippen molar-refractivity contribution in [2.75, 3.05) is 17.4 Å². The number of carbonyl (C=O) groups is 2. The van der Waals surface area contributed by atoms with Crippen LogP contribution in [0.15, 0.2) is 77.7 Å². The summed E-state index contributed by atoms with van der Waals surface area (Å²) in [5, 5.41) is 2.71. The van der Waals surface area contributed by atoms with Gasteiger partial charge in [0.15, 0.2) is 0 Å². The van der Waals surface area contributed by atoms with Gasteiger partial charge in [-0.25, -0.2) is 17.2 Å². The summed E-state index contributed by atoms with van der Waals surface area (Å²) >= 11 is 0. The van der Waals surface area contributed by atoms with Crippen LogP contribution in [0, 0.1) is 18.6 Å². The summed E-state index contributed by atoms with van der Waals surface area (Å²) in [5.74, 6) is -2.05. The van der Waals surface area contributed by atoms with Crippen molar-refractivity contribution < 1.29 is 26.8 Å². The number of anilines is 1. The fourth-order valence-electron chi connectivity index (χ4n) is 3.97. The number of nitrogens with zero attached hydrogens (tertiary/aromatic N) is 2. The Labute approximate surface area is 222 Å². The van der Waals surface area contributed by atoms with Crippen LogP contribution in [-0.4, -0.2) is 44.3 Å². The van der Waals surface area contributed by atoms with Crippen LogP contribution in [0.4, 0.5) is 14.5 Å². The molecule has 0 radical (unpaired) electrons. The highest BCUT2D eigenvalue weighted by Gasteiger charge is 2.33. The largest absolute Gasteiger partial charge is 0.355 e. The lowest BCUT2D eigenvalue weighted by molar-refractivity contribution is -0.140. The highest BCUT2D eigenvalue weighted by Crippen LogP contribution is 2.25. The van der Waals surface area contributed by atoms with Crippen LogP contribution in [0.2, 0.25) is 0 Å². The van der Waals surface area contributed by atoms with E-state index in [-0.39, 0.29) is 29.5 Å². The third-order valence-electron chi connectivity index (χ3n) is 6.01. The van der Waals surface area contributed by atoms with E-state index in [0.29, 0.717) is 12.1 Å². The fraction of sp³-hybridized carbons (Fsp3) is 0.286. The Hall–Kier alpha value is -3.79. The van der Waals surface area contributed by atoms with E-state index in [1.165, 1.54) is 53.4 Å². The predicted molar refractivity (Wildman–Crippen MR) is 142 cm³/mol. The Balaban J connectivity index is 2.04. The second-order valence-corrected chi connectivity index (χ2v) is 10.6. The first-order chi connectivity index (χ1) is 18.1. The third-order valence-corrected chi connectivity index (χ3v) is 7.79. The highest BCUT2D eigenvalue weighted by atomic mass is 32.2. The molecule has 3 rings (SSSR count). The molecule has 0 saturated carbocycles. The van der Waals surface area contributed by atoms with E-state index in [1.54, 1.807) is 26.0 Å². The number of rotatable bonds is 11. The first-order valence-corrected chi connectivity index (χ1v) is 13.7. The minimum absolute atomic E-state index is 0.0407. The summed E-state index contributed by atoms with van der Waals surface area (Å²) in [7, 11) is -4.24. The molecule has 1 N–H and O–H groups in total. The van der Waals surface area contributed by atoms with E-state index in [9.17, 15) is 26.8 Å². The maximum absolute atomic E-state index is 13.8. The second kappa shape index (κ2) is 12.6. The van der Waals surface area contributed by atoms with Crippen LogP contribution in [0.5, 0.6) is 0 Å². The number of aryl methyl sites for hydroxylation is 1. The van der Waals surface area contributed by atoms with Crippen molar-refractivity contribution in [3.8, 4) is 0 Å². The number of nitrogens with one attached hydrogen (secondary N) is 1. The molecule has 0 aliphatic heterocycles. The van der Waals surface area contributed by atoms with E-state index in [1.807, 2.05) is 6.92 Å². The molecule has 38 heavy (non-hydrogen) atoms. The van der Waals surface area contributed by atoms with Gasteiger partial charge in [-0.05, 0) is 74.4 Å². The monoisotopic (exact) mass is 543 g/mol. The van der Waals surface area contributed by atoms with E-state index in [4.69, 9.17) is 0 Å². The zero-order chi connectivity index (χ0) is 27.9. The standard InChI is InChI=1S/C28H31F2N3O4S/c1-4-26(28(35)31-5-2)32(18-21-8-10-22(29)11-9-21)27(34)19-33(24-14-12-23(30)13-15-24)38(36,37)25-16-6-20(3)7-17-25/h6-17,26H,4-5,18-19H2,1-3H3,(H,31,35)/t26-/m0/s1. The van der Waals surface area contributed by atoms with Crippen LogP contribution < -0.4 is 9.62 Å². The highest BCUT2D eigenvalue weighted by molar-refractivity contribution is 7.92. The number of carbonyl (C=O) groups excluding carboxylic acids is 2. The van der Waals surface area contributed by atoms with Gasteiger partial charge in [0.2, 0.25) is 11.8 Å². The summed E-state index contributed by atoms with van der Waals surface area (Å²) in [6, 6.07) is 15.5. The van der Waals surface area contributed by atoms with E-state index < -0.39 is 40.2 Å². The molecule has 10 heteroatoms. The Morgan fingerprint density at radius 1 is 0.868 bits per heavy atom. The average molecular weight is 544 g/mol. The van der Waals surface area contributed by atoms with Crippen molar-refractivity contribution >= 4 is 27.5 Å². The first kappa shape index (κ1) is 28.8. The van der Waals surface area contributed by atoms with Crippen LogP contribution in [0.25, 0.3) is 0 Å². The summed E-state index contributed by atoms with van der Waals surface area (Å²) in [5.41, 5.74) is 1.51. The quantitative estimate of drug-likeness (QED) is 0.388. The molecule has 0 aromatic heterocycles. The molecule has 202 valence electrons. The molecule has 0 heterocycles. The third kappa shape index (κ3) is 6.95. The minimum atomic E-state index is -4.24. The number of likely N-dealkylation sites (N-methyl/N-ethyl adjacent to an activating group) is 1. The molecule has 0 fully saturated rings. The number of amides is 2. The van der Waals surface area contributed by atoms with Gasteiger partial charge in [0.05, 0.1) is 10.6 Å². The maximum atomic E-state index is 13.8. The van der Waals surface area contributed by atoms with Crippen molar-refractivity contribution in [1.82, 2.24) is 10.2 Å². The van der Waals surface area contributed by atoms with Gasteiger partial charge >= 0.3 is 0 Å². The Morgan fingerprint density at radius 3 is 1.95 bits per heavy atom. The van der Waals surface area contributed by atoms with Gasteiger partial charge in [0, 0.05) is 13.1 Å². The Bertz CT molecular complexity index is 1350. The van der Waals surface area contributed by atoms with Gasteiger partial charge in [-0.2, -0.15) is 0 Å². The Kier molecular flexibility index (Phi) is 9.57. The molecule has 1 atom stereocenters. The van der Waals surface area contributed by atoms with Gasteiger partial charge in [-0.15, -0.1) is 0 Å². The van der Waals surface area contributed by atoms with Crippen molar-refractivity contribution in [3.05, 3.63) is 95.6 Å². The molecule has 3 aromatic carbocycles. The molecule has 0 saturated heterocycles. The van der Waals surface area contributed by atoms with Gasteiger partial charge in [0.1, 0.15) is 24.2 Å². The first-order valence-electron chi connectivity index (χ1n) is 12.2. The molecule has 3 aromatic rings. The Morgan fingerprint density at radius 2 is 1.42 bits per heavy atom. The molecule has 0 bridgehead atoms. The number of benzene rings is 3. The van der Waals surface area contributed by atoms with E-state index in [2.05, 4.69) is 5.32 Å². The number of sulfonamides is 1. The molecular weight excluding hydrogens is 512 g/mol. The number of hydrogen-bond acceptors (Lipinski definition) is 4. The number of halogens is 2. The second-order valence-electron chi connectivity index (χ2n) is 8.77. The predicted octanol–water partition coefficient (Wildman–Crippen LogP) is 4.41. The minimum Gasteiger partial charge on any atom is -0.355 e. The zero-order valence-corrected chi connectivity index (χ0v) is 22.3. The molecule has 0 unspecified atom stereocenters. The van der Waals surface area contributed by atoms with Crippen LogP contribution in [0.3, 0.4) is 0 Å². The van der Waals surface area contributed by atoms with Gasteiger partial charge in [-0.3, -0.25) is 13.9 Å². The van der Waals surface area contributed by atoms with Gasteiger partial charge in [-0.1, -0.05) is 36.8 Å². The average Bonchev–Trinajstić information content (AvgIpc) is 2.89. The summed E-state index contributed by atoms with van der Waals surface area (Å²) < 4.78 is 55.5. The lowest BCUT2D eigenvalue weighted by atomic mass is 10.1. The lowest BCUT2D eigenvalue weighted by Gasteiger charge is -2.33. The van der Waals surface area contributed by atoms with Gasteiger partial charge in [0.25, 0.3) is 10.0 Å². The lowest BCUT2D eigenvalue weighted by Crippen LogP contribution is -2.52. The van der Waals surface area contributed by atoms with Crippen LogP contribution in [-0.2, 0) is 26.2 Å². The molecule has 0 aliphatic carbocycles. The van der Waals surface area contributed by atoms with Crippen molar-refractivity contribution in [1.29, 1.82) is 0 Å². The topological polar surface area (TPSA) is 86.8 Å². The maximum Gasteiger partial charge on any atom is 0.264 e. The van der Waals surface area contributed by atoms with Crippen LogP contribution >= 0.6 is 0 Å². The van der Waals surface area contributed by atoms with Crippen LogP contribution in [0.1, 0.15) is 31.4 Å². The van der Waals surface area contributed by atoms with E-state index in [0.717, 1.165) is 22.0 Å². The SMILES string of the molecule is CCNC(=O)[C@H](CC)N(Cc1ccc(F)cc1)C(=O)CN(c1ccc(F)cc1)S(=O)(=O)c1ccc(C)cc1. The summed E-state index contributed by atoms with van der Waals surface area (Å²) in [6.45, 7) is 4.97. The van der Waals surface area contributed by atoms with Crippen molar-refractivity contribution in [3.63, 3.8) is 0 Å². The van der Waals surface area contributed by atoms with Crippen molar-refractivity contribution in [2.45, 2.75) is 44.7 Å². The molecule has 0 aliphatic rings. The molecular formula is C28H31F2N3O4S. The van der Waals surface area contributed by atoms with E-state index >= 15 is 0 Å². The molecule has 2 amide bonds.